The van der Waals surface area contributed by atoms with E-state index >= 15 is 0 Å². The molecule has 1 aromatic carbocycles. The van der Waals surface area contributed by atoms with Crippen LogP contribution in [-0.4, -0.2) is 22.0 Å². The third-order valence-corrected chi connectivity index (χ3v) is 2.99. The number of carbonyl (C=O) groups is 2. The molecule has 0 atom stereocenters. The van der Waals surface area contributed by atoms with Crippen LogP contribution in [0.3, 0.4) is 0 Å². The molecule has 20 heavy (non-hydrogen) atoms. The Morgan fingerprint density at radius 1 is 1.20 bits per heavy atom. The highest BCUT2D eigenvalue weighted by atomic mass is 16.4. The zero-order chi connectivity index (χ0) is 14.5. The summed E-state index contributed by atoms with van der Waals surface area (Å²) in [6.07, 6.45) is 3.36. The zero-order valence-electron chi connectivity index (χ0n) is 11.0. The molecule has 2 N–H and O–H groups in total. The van der Waals surface area contributed by atoms with Crippen molar-refractivity contribution in [2.24, 2.45) is 0 Å². The molecule has 1 heterocycles. The van der Waals surface area contributed by atoms with Crippen molar-refractivity contribution in [1.29, 1.82) is 0 Å². The molecule has 0 radical (unpaired) electrons. The van der Waals surface area contributed by atoms with Crippen molar-refractivity contribution in [3.8, 4) is 0 Å². The Kier molecular flexibility index (Phi) is 4.10. The van der Waals surface area contributed by atoms with Crippen molar-refractivity contribution < 1.29 is 14.7 Å². The minimum Gasteiger partial charge on any atom is -0.478 e. The number of aromatic carboxylic acids is 1. The van der Waals surface area contributed by atoms with Crippen molar-refractivity contribution in [2.45, 2.75) is 13.5 Å². The van der Waals surface area contributed by atoms with Crippen molar-refractivity contribution in [3.05, 3.63) is 65.0 Å². The van der Waals surface area contributed by atoms with E-state index in [1.165, 1.54) is 12.1 Å². The van der Waals surface area contributed by atoms with Gasteiger partial charge in [0.25, 0.3) is 5.91 Å². The fraction of sp³-hybridized carbons (Fsp3) is 0.133. The second-order valence-electron chi connectivity index (χ2n) is 4.34. The Bertz CT molecular complexity index is 653. The van der Waals surface area contributed by atoms with Crippen LogP contribution in [0.4, 0.5) is 0 Å². The molecule has 2 rings (SSSR count). The first-order chi connectivity index (χ1) is 9.59. The van der Waals surface area contributed by atoms with Gasteiger partial charge in [-0.2, -0.15) is 0 Å². The number of benzene rings is 1. The summed E-state index contributed by atoms with van der Waals surface area (Å²) in [4.78, 5) is 27.1. The summed E-state index contributed by atoms with van der Waals surface area (Å²) in [6, 6.07) is 7.98. The van der Waals surface area contributed by atoms with Gasteiger partial charge in [-0.3, -0.25) is 9.78 Å². The van der Waals surface area contributed by atoms with E-state index < -0.39 is 11.9 Å². The molecular formula is C15H14N2O3. The number of hydrogen-bond acceptors (Lipinski definition) is 3. The summed E-state index contributed by atoms with van der Waals surface area (Å²) in [5.74, 6) is -1.53. The Morgan fingerprint density at radius 2 is 1.90 bits per heavy atom. The van der Waals surface area contributed by atoms with Gasteiger partial charge in [-0.15, -0.1) is 0 Å². The standard InChI is InChI=1S/C15H14N2O3/c1-10-6-7-16-8-11(10)9-17-14(18)12-4-2-3-5-13(12)15(19)20/h2-8H,9H2,1H3,(H,17,18)(H,19,20). The Hall–Kier alpha value is -2.69. The zero-order valence-corrected chi connectivity index (χ0v) is 11.0. The summed E-state index contributed by atoms with van der Waals surface area (Å²) < 4.78 is 0. The molecule has 0 saturated carbocycles. The molecule has 1 amide bonds. The lowest BCUT2D eigenvalue weighted by Gasteiger charge is -2.09. The summed E-state index contributed by atoms with van der Waals surface area (Å²) in [6.45, 7) is 2.24. The summed E-state index contributed by atoms with van der Waals surface area (Å²) in [7, 11) is 0. The number of carbonyl (C=O) groups excluding carboxylic acids is 1. The smallest absolute Gasteiger partial charge is 0.336 e. The first-order valence-corrected chi connectivity index (χ1v) is 6.09. The molecule has 0 aliphatic carbocycles. The van der Waals surface area contributed by atoms with Crippen LogP contribution in [0.15, 0.2) is 42.7 Å². The molecule has 0 bridgehead atoms. The van der Waals surface area contributed by atoms with E-state index in [2.05, 4.69) is 10.3 Å². The van der Waals surface area contributed by atoms with Crippen LogP contribution in [0.1, 0.15) is 31.8 Å². The van der Waals surface area contributed by atoms with Gasteiger partial charge >= 0.3 is 5.97 Å². The van der Waals surface area contributed by atoms with Crippen LogP contribution in [-0.2, 0) is 6.54 Å². The SMILES string of the molecule is Cc1ccncc1CNC(=O)c1ccccc1C(=O)O. The monoisotopic (exact) mass is 270 g/mol. The minimum atomic E-state index is -1.12. The molecule has 0 aliphatic heterocycles. The molecule has 0 aliphatic rings. The van der Waals surface area contributed by atoms with Crippen LogP contribution >= 0.6 is 0 Å². The summed E-state index contributed by atoms with van der Waals surface area (Å²) >= 11 is 0. The summed E-state index contributed by atoms with van der Waals surface area (Å²) in [5.41, 5.74) is 2.06. The lowest BCUT2D eigenvalue weighted by Crippen LogP contribution is -2.25. The number of carboxylic acids is 1. The second-order valence-corrected chi connectivity index (χ2v) is 4.34. The maximum absolute atomic E-state index is 12.1. The number of nitrogens with one attached hydrogen (secondary N) is 1. The predicted octanol–water partition coefficient (Wildman–Crippen LogP) is 2.02. The van der Waals surface area contributed by atoms with E-state index in [1.807, 2.05) is 13.0 Å². The fourth-order valence-electron chi connectivity index (χ4n) is 1.82. The molecule has 2 aromatic rings. The van der Waals surface area contributed by atoms with Crippen molar-refractivity contribution >= 4 is 11.9 Å². The van der Waals surface area contributed by atoms with E-state index in [1.54, 1.807) is 24.5 Å². The van der Waals surface area contributed by atoms with Gasteiger partial charge < -0.3 is 10.4 Å². The lowest BCUT2D eigenvalue weighted by atomic mass is 10.1. The van der Waals surface area contributed by atoms with Crippen molar-refractivity contribution in [2.75, 3.05) is 0 Å². The normalized spacial score (nSPS) is 10.1. The van der Waals surface area contributed by atoms with Crippen molar-refractivity contribution in [1.82, 2.24) is 10.3 Å². The van der Waals surface area contributed by atoms with Gasteiger partial charge in [0.05, 0.1) is 11.1 Å². The van der Waals surface area contributed by atoms with Crippen molar-refractivity contribution in [3.63, 3.8) is 0 Å². The maximum Gasteiger partial charge on any atom is 0.336 e. The average molecular weight is 270 g/mol. The van der Waals surface area contributed by atoms with E-state index in [9.17, 15) is 9.59 Å². The lowest BCUT2D eigenvalue weighted by molar-refractivity contribution is 0.0691. The van der Waals surface area contributed by atoms with Gasteiger partial charge in [-0.05, 0) is 36.2 Å². The number of hydrogen-bond donors (Lipinski definition) is 2. The Balaban J connectivity index is 2.14. The third-order valence-electron chi connectivity index (χ3n) is 2.99. The van der Waals surface area contributed by atoms with Crippen LogP contribution in [0.2, 0.25) is 0 Å². The van der Waals surface area contributed by atoms with Gasteiger partial charge in [-0.1, -0.05) is 12.1 Å². The van der Waals surface area contributed by atoms with Gasteiger partial charge in [0.15, 0.2) is 0 Å². The van der Waals surface area contributed by atoms with Crippen LogP contribution < -0.4 is 5.32 Å². The van der Waals surface area contributed by atoms with Crippen LogP contribution in [0, 0.1) is 6.92 Å². The van der Waals surface area contributed by atoms with Gasteiger partial charge in [0.2, 0.25) is 0 Å². The number of aryl methyl sites for hydroxylation is 1. The van der Waals surface area contributed by atoms with E-state index in [-0.39, 0.29) is 11.1 Å². The molecular weight excluding hydrogens is 256 g/mol. The molecule has 5 nitrogen and oxygen atoms in total. The number of amides is 1. The highest BCUT2D eigenvalue weighted by Gasteiger charge is 2.15. The third kappa shape index (κ3) is 3.00. The van der Waals surface area contributed by atoms with Gasteiger partial charge in [0.1, 0.15) is 0 Å². The fourth-order valence-corrected chi connectivity index (χ4v) is 1.82. The van der Waals surface area contributed by atoms with E-state index in [0.717, 1.165) is 11.1 Å². The molecule has 0 spiro atoms. The van der Waals surface area contributed by atoms with Gasteiger partial charge in [0, 0.05) is 18.9 Å². The summed E-state index contributed by atoms with van der Waals surface area (Å²) in [5, 5.41) is 11.8. The molecule has 0 saturated heterocycles. The second kappa shape index (κ2) is 5.97. The number of carboxylic acid groups (broad SMARTS) is 1. The number of rotatable bonds is 4. The first kappa shape index (κ1) is 13.7. The average Bonchev–Trinajstić information content (AvgIpc) is 2.46. The first-order valence-electron chi connectivity index (χ1n) is 6.09. The molecule has 0 unspecified atom stereocenters. The highest BCUT2D eigenvalue weighted by Crippen LogP contribution is 2.10. The topological polar surface area (TPSA) is 79.3 Å². The molecule has 5 heteroatoms. The largest absolute Gasteiger partial charge is 0.478 e. The molecule has 0 fully saturated rings. The van der Waals surface area contributed by atoms with E-state index in [0.29, 0.717) is 6.54 Å². The van der Waals surface area contributed by atoms with Crippen LogP contribution in [0.25, 0.3) is 0 Å². The number of pyridine rings is 1. The number of aromatic nitrogens is 1. The Labute approximate surface area is 116 Å². The molecule has 1 aromatic heterocycles. The molecule has 102 valence electrons. The predicted molar refractivity (Wildman–Crippen MR) is 73.5 cm³/mol. The Morgan fingerprint density at radius 3 is 2.55 bits per heavy atom. The quantitative estimate of drug-likeness (QED) is 0.890. The van der Waals surface area contributed by atoms with E-state index in [4.69, 9.17) is 5.11 Å². The minimum absolute atomic E-state index is 0.00657. The number of nitrogens with zero attached hydrogens (tertiary/aromatic N) is 1. The maximum atomic E-state index is 12.1. The van der Waals surface area contributed by atoms with Gasteiger partial charge in [-0.25, -0.2) is 4.79 Å². The highest BCUT2D eigenvalue weighted by molar-refractivity contribution is 6.04. The van der Waals surface area contributed by atoms with Crippen LogP contribution in [0.5, 0.6) is 0 Å².